The van der Waals surface area contributed by atoms with Gasteiger partial charge in [-0.05, 0) is 5.53 Å². The van der Waals surface area contributed by atoms with Crippen LogP contribution < -0.4 is 0 Å². The Bertz CT molecular complexity index is 205. The highest BCUT2D eigenvalue weighted by Crippen LogP contribution is 2.21. The fraction of sp³-hybridized carbons (Fsp3) is 1.00. The van der Waals surface area contributed by atoms with Crippen molar-refractivity contribution in [2.75, 3.05) is 6.61 Å². The van der Waals surface area contributed by atoms with Gasteiger partial charge in [-0.3, -0.25) is 0 Å². The molecule has 68 valence electrons. The summed E-state index contributed by atoms with van der Waals surface area (Å²) in [7, 11) is 0. The Morgan fingerprint density at radius 2 is 2.08 bits per heavy atom. The SMILES string of the molecule is [N-]=[N+]=N[C@H]1O[C@@H](CO)[C@H](O)[C@@H]1O. The molecule has 7 nitrogen and oxygen atoms in total. The molecule has 1 aliphatic heterocycles. The summed E-state index contributed by atoms with van der Waals surface area (Å²) >= 11 is 0. The van der Waals surface area contributed by atoms with Crippen LogP contribution in [0.25, 0.3) is 10.4 Å². The highest BCUT2D eigenvalue weighted by Gasteiger charge is 2.41. The van der Waals surface area contributed by atoms with Crippen molar-refractivity contribution in [2.45, 2.75) is 24.5 Å². The summed E-state index contributed by atoms with van der Waals surface area (Å²) < 4.78 is 4.81. The number of azide groups is 1. The largest absolute Gasteiger partial charge is 0.394 e. The van der Waals surface area contributed by atoms with E-state index in [1.165, 1.54) is 0 Å². The standard InChI is InChI=1S/C5H9N3O4/c6-8-7-5-4(11)3(10)2(1-9)12-5/h2-5,9-11H,1H2/t2-,3-,4-,5-/m0/s1. The molecule has 12 heavy (non-hydrogen) atoms. The van der Waals surface area contributed by atoms with Gasteiger partial charge in [0.25, 0.3) is 0 Å². The lowest BCUT2D eigenvalue weighted by atomic mass is 10.1. The molecule has 0 saturated carbocycles. The van der Waals surface area contributed by atoms with Crippen LogP contribution >= 0.6 is 0 Å². The van der Waals surface area contributed by atoms with Gasteiger partial charge in [0, 0.05) is 4.91 Å². The van der Waals surface area contributed by atoms with Gasteiger partial charge < -0.3 is 20.1 Å². The lowest BCUT2D eigenvalue weighted by Crippen LogP contribution is -2.33. The zero-order valence-corrected chi connectivity index (χ0v) is 6.11. The highest BCUT2D eigenvalue weighted by atomic mass is 16.6. The lowest BCUT2D eigenvalue weighted by molar-refractivity contribution is -0.0198. The number of aliphatic hydroxyl groups is 3. The predicted octanol–water partition coefficient (Wildman–Crippen LogP) is -1.26. The molecular weight excluding hydrogens is 166 g/mol. The first-order valence-electron chi connectivity index (χ1n) is 3.37. The second-order valence-corrected chi connectivity index (χ2v) is 2.43. The van der Waals surface area contributed by atoms with Crippen molar-refractivity contribution in [3.8, 4) is 0 Å². The molecule has 0 radical (unpaired) electrons. The summed E-state index contributed by atoms with van der Waals surface area (Å²) in [6.45, 7) is -0.421. The third-order valence-electron chi connectivity index (χ3n) is 1.68. The number of hydrogen-bond acceptors (Lipinski definition) is 5. The van der Waals surface area contributed by atoms with E-state index in [2.05, 4.69) is 10.0 Å². The molecular formula is C5H9N3O4. The van der Waals surface area contributed by atoms with Crippen LogP contribution in [0.15, 0.2) is 5.11 Å². The van der Waals surface area contributed by atoms with Gasteiger partial charge in [0.1, 0.15) is 18.3 Å². The van der Waals surface area contributed by atoms with E-state index in [0.29, 0.717) is 0 Å². The van der Waals surface area contributed by atoms with E-state index < -0.39 is 31.1 Å². The minimum atomic E-state index is -1.27. The number of hydrogen-bond donors (Lipinski definition) is 3. The summed E-state index contributed by atoms with van der Waals surface area (Å²) in [5.41, 5.74) is 8.01. The van der Waals surface area contributed by atoms with E-state index in [4.69, 9.17) is 25.6 Å². The van der Waals surface area contributed by atoms with Crippen LogP contribution in [0.3, 0.4) is 0 Å². The van der Waals surface area contributed by atoms with Crippen LogP contribution in [0.4, 0.5) is 0 Å². The zero-order valence-electron chi connectivity index (χ0n) is 6.11. The number of ether oxygens (including phenoxy) is 1. The first kappa shape index (κ1) is 9.24. The molecule has 1 rings (SSSR count). The summed E-state index contributed by atoms with van der Waals surface area (Å²) in [5.74, 6) is 0. The van der Waals surface area contributed by atoms with Crippen LogP contribution in [0.2, 0.25) is 0 Å². The quantitative estimate of drug-likeness (QED) is 0.275. The fourth-order valence-electron chi connectivity index (χ4n) is 1.03. The summed E-state index contributed by atoms with van der Waals surface area (Å²) in [4.78, 5) is 2.42. The molecule has 4 atom stereocenters. The molecule has 0 bridgehead atoms. The molecule has 1 heterocycles. The molecule has 1 aliphatic rings. The number of nitrogens with zero attached hydrogens (tertiary/aromatic N) is 3. The number of rotatable bonds is 2. The van der Waals surface area contributed by atoms with Crippen LogP contribution in [-0.2, 0) is 4.74 Å². The van der Waals surface area contributed by atoms with Crippen molar-refractivity contribution in [1.29, 1.82) is 0 Å². The lowest BCUT2D eigenvalue weighted by Gasteiger charge is -2.10. The monoisotopic (exact) mass is 175 g/mol. The van der Waals surface area contributed by atoms with Crippen LogP contribution in [0.5, 0.6) is 0 Å². The third-order valence-corrected chi connectivity index (χ3v) is 1.68. The average molecular weight is 175 g/mol. The second-order valence-electron chi connectivity index (χ2n) is 2.43. The molecule has 0 unspecified atom stereocenters. The van der Waals surface area contributed by atoms with Gasteiger partial charge in [0.05, 0.1) is 6.61 Å². The predicted molar refractivity (Wildman–Crippen MR) is 36.9 cm³/mol. The molecule has 0 spiro atoms. The molecule has 1 fully saturated rings. The molecule has 0 aromatic heterocycles. The van der Waals surface area contributed by atoms with Gasteiger partial charge in [-0.1, -0.05) is 5.11 Å². The molecule has 0 aliphatic carbocycles. The van der Waals surface area contributed by atoms with Gasteiger partial charge in [-0.2, -0.15) is 0 Å². The van der Waals surface area contributed by atoms with Crippen LogP contribution in [0, 0.1) is 0 Å². The van der Waals surface area contributed by atoms with E-state index >= 15 is 0 Å². The summed E-state index contributed by atoms with van der Waals surface area (Å²) in [6.07, 6.45) is -4.46. The molecule has 0 aromatic rings. The van der Waals surface area contributed by atoms with Crippen molar-refractivity contribution in [3.05, 3.63) is 10.4 Å². The van der Waals surface area contributed by atoms with Crippen molar-refractivity contribution in [3.63, 3.8) is 0 Å². The van der Waals surface area contributed by atoms with Gasteiger partial charge in [-0.25, -0.2) is 0 Å². The van der Waals surface area contributed by atoms with E-state index in [-0.39, 0.29) is 0 Å². The molecule has 3 N–H and O–H groups in total. The molecule has 1 saturated heterocycles. The Kier molecular flexibility index (Phi) is 2.85. The van der Waals surface area contributed by atoms with Gasteiger partial charge in [-0.15, -0.1) is 0 Å². The van der Waals surface area contributed by atoms with Gasteiger partial charge >= 0.3 is 0 Å². The van der Waals surface area contributed by atoms with Gasteiger partial charge in [0.2, 0.25) is 0 Å². The molecule has 7 heteroatoms. The van der Waals surface area contributed by atoms with Crippen molar-refractivity contribution < 1.29 is 20.1 Å². The number of aliphatic hydroxyl groups excluding tert-OH is 3. The average Bonchev–Trinajstić information content (AvgIpc) is 2.33. The zero-order chi connectivity index (χ0) is 9.14. The van der Waals surface area contributed by atoms with E-state index in [9.17, 15) is 0 Å². The Morgan fingerprint density at radius 1 is 1.42 bits per heavy atom. The summed E-state index contributed by atoms with van der Waals surface area (Å²) in [5, 5.41) is 30.0. The minimum Gasteiger partial charge on any atom is -0.394 e. The topological polar surface area (TPSA) is 119 Å². The minimum absolute atomic E-state index is 0.421. The first-order valence-corrected chi connectivity index (χ1v) is 3.37. The molecule has 0 aromatic carbocycles. The molecule has 0 amide bonds. The Morgan fingerprint density at radius 3 is 2.50 bits per heavy atom. The maximum Gasteiger partial charge on any atom is 0.165 e. The van der Waals surface area contributed by atoms with Crippen LogP contribution in [0.1, 0.15) is 0 Å². The maximum absolute atomic E-state index is 9.14. The first-order chi connectivity index (χ1) is 5.70. The van der Waals surface area contributed by atoms with E-state index in [0.717, 1.165) is 0 Å². The van der Waals surface area contributed by atoms with E-state index in [1.54, 1.807) is 0 Å². The third kappa shape index (κ3) is 1.50. The van der Waals surface area contributed by atoms with Crippen molar-refractivity contribution in [1.82, 2.24) is 0 Å². The summed E-state index contributed by atoms with van der Waals surface area (Å²) in [6, 6.07) is 0. The normalized spacial score (nSPS) is 40.9. The maximum atomic E-state index is 9.14. The van der Waals surface area contributed by atoms with E-state index in [1.807, 2.05) is 0 Å². The van der Waals surface area contributed by atoms with Gasteiger partial charge in [0.15, 0.2) is 6.23 Å². The second kappa shape index (κ2) is 3.70. The Balaban J connectivity index is 2.66. The van der Waals surface area contributed by atoms with Crippen molar-refractivity contribution >= 4 is 0 Å². The Hall–Kier alpha value is -0.850. The smallest absolute Gasteiger partial charge is 0.165 e. The fourth-order valence-corrected chi connectivity index (χ4v) is 1.03. The highest BCUT2D eigenvalue weighted by molar-refractivity contribution is 4.88. The Labute approximate surface area is 67.8 Å². The van der Waals surface area contributed by atoms with Crippen molar-refractivity contribution in [2.24, 2.45) is 5.11 Å². The van der Waals surface area contributed by atoms with Crippen LogP contribution in [-0.4, -0.2) is 46.5 Å².